The van der Waals surface area contributed by atoms with Crippen LogP contribution in [0.25, 0.3) is 0 Å². The standard InChI is InChI=1S/C22H18BrN3O/c1-2-27-18-13-9-15(10-14-18)21-19-5-3-4-6-20(19)24-22(26-25-21)16-7-11-17(23)12-8-16/h3-14H,2H2,1H3,(H,24,26). The van der Waals surface area contributed by atoms with E-state index >= 15 is 0 Å². The molecule has 0 radical (unpaired) electrons. The van der Waals surface area contributed by atoms with Crippen molar-refractivity contribution in [3.8, 4) is 5.75 Å². The number of hydrogen-bond donors (Lipinski definition) is 1. The van der Waals surface area contributed by atoms with E-state index in [1.807, 2.05) is 79.7 Å². The van der Waals surface area contributed by atoms with Gasteiger partial charge in [-0.1, -0.05) is 46.3 Å². The van der Waals surface area contributed by atoms with Gasteiger partial charge in [-0.25, -0.2) is 4.99 Å². The van der Waals surface area contributed by atoms with Gasteiger partial charge in [-0.15, -0.1) is 0 Å². The molecule has 27 heavy (non-hydrogen) atoms. The predicted octanol–water partition coefficient (Wildman–Crippen LogP) is 5.28. The Morgan fingerprint density at radius 3 is 2.33 bits per heavy atom. The molecule has 3 aromatic rings. The Balaban J connectivity index is 1.76. The molecule has 0 unspecified atom stereocenters. The molecule has 0 spiro atoms. The number of aliphatic imine (C=N–C) groups is 1. The zero-order valence-corrected chi connectivity index (χ0v) is 16.4. The number of amidine groups is 1. The van der Waals surface area contributed by atoms with Crippen molar-refractivity contribution in [2.45, 2.75) is 6.92 Å². The molecule has 5 heteroatoms. The lowest BCUT2D eigenvalue weighted by Gasteiger charge is -2.09. The van der Waals surface area contributed by atoms with Gasteiger partial charge >= 0.3 is 0 Å². The Morgan fingerprint density at radius 2 is 1.59 bits per heavy atom. The summed E-state index contributed by atoms with van der Waals surface area (Å²) >= 11 is 3.47. The van der Waals surface area contributed by atoms with E-state index in [0.717, 1.165) is 44.1 Å². The fourth-order valence-corrected chi connectivity index (χ4v) is 3.18. The molecule has 1 N–H and O–H groups in total. The fraction of sp³-hybridized carbons (Fsp3) is 0.0909. The first kappa shape index (κ1) is 17.5. The van der Waals surface area contributed by atoms with Crippen molar-refractivity contribution < 1.29 is 4.74 Å². The third-order valence-electron chi connectivity index (χ3n) is 4.22. The number of rotatable bonds is 4. The summed E-state index contributed by atoms with van der Waals surface area (Å²) in [5.41, 5.74) is 7.85. The molecule has 3 aromatic carbocycles. The summed E-state index contributed by atoms with van der Waals surface area (Å²) in [5, 5.41) is 4.67. The van der Waals surface area contributed by atoms with Gasteiger partial charge in [-0.05, 0) is 49.4 Å². The minimum Gasteiger partial charge on any atom is -0.494 e. The van der Waals surface area contributed by atoms with E-state index in [2.05, 4.69) is 26.5 Å². The van der Waals surface area contributed by atoms with Crippen molar-refractivity contribution in [2.24, 2.45) is 10.1 Å². The molecule has 0 atom stereocenters. The van der Waals surface area contributed by atoms with Gasteiger partial charge in [0.05, 0.1) is 18.0 Å². The van der Waals surface area contributed by atoms with Gasteiger partial charge in [-0.2, -0.15) is 5.10 Å². The molecule has 134 valence electrons. The van der Waals surface area contributed by atoms with Crippen molar-refractivity contribution in [3.05, 3.63) is 94.0 Å². The second-order valence-corrected chi connectivity index (χ2v) is 6.93. The first-order valence-electron chi connectivity index (χ1n) is 8.75. The number of benzene rings is 3. The molecule has 0 saturated heterocycles. The van der Waals surface area contributed by atoms with E-state index in [0.29, 0.717) is 6.61 Å². The molecule has 4 nitrogen and oxygen atoms in total. The van der Waals surface area contributed by atoms with E-state index in [9.17, 15) is 0 Å². The third kappa shape index (κ3) is 3.78. The molecule has 4 rings (SSSR count). The Labute approximate surface area is 166 Å². The zero-order chi connectivity index (χ0) is 18.6. The molecular weight excluding hydrogens is 402 g/mol. The summed E-state index contributed by atoms with van der Waals surface area (Å²) in [6.07, 6.45) is 0. The van der Waals surface area contributed by atoms with Gasteiger partial charge in [0.15, 0.2) is 5.84 Å². The summed E-state index contributed by atoms with van der Waals surface area (Å²) in [7, 11) is 0. The van der Waals surface area contributed by atoms with Crippen molar-refractivity contribution in [1.29, 1.82) is 0 Å². The highest BCUT2D eigenvalue weighted by molar-refractivity contribution is 9.10. The van der Waals surface area contributed by atoms with Crippen LogP contribution in [0.15, 0.2) is 87.4 Å². The van der Waals surface area contributed by atoms with Crippen molar-refractivity contribution >= 4 is 33.2 Å². The summed E-state index contributed by atoms with van der Waals surface area (Å²) in [6.45, 7) is 2.62. The SMILES string of the molecule is CCOc1ccc(C2=NNC(c3ccc(Br)cc3)=Nc3ccccc32)cc1. The fourth-order valence-electron chi connectivity index (χ4n) is 2.92. The quantitative estimate of drug-likeness (QED) is 0.624. The topological polar surface area (TPSA) is 46.0 Å². The highest BCUT2D eigenvalue weighted by atomic mass is 79.9. The van der Waals surface area contributed by atoms with Gasteiger partial charge in [0, 0.05) is 21.2 Å². The lowest BCUT2D eigenvalue weighted by atomic mass is 10.0. The zero-order valence-electron chi connectivity index (χ0n) is 14.8. The summed E-state index contributed by atoms with van der Waals surface area (Å²) in [5.74, 6) is 1.57. The van der Waals surface area contributed by atoms with Gasteiger partial charge in [0.2, 0.25) is 0 Å². The highest BCUT2D eigenvalue weighted by Gasteiger charge is 2.16. The van der Waals surface area contributed by atoms with Gasteiger partial charge in [0.25, 0.3) is 0 Å². The Bertz CT molecular complexity index is 1010. The minimum atomic E-state index is 0.648. The second kappa shape index (κ2) is 7.76. The van der Waals surface area contributed by atoms with Crippen LogP contribution in [0.2, 0.25) is 0 Å². The molecule has 1 heterocycles. The molecule has 1 aliphatic rings. The Morgan fingerprint density at radius 1 is 0.889 bits per heavy atom. The van der Waals surface area contributed by atoms with Crippen LogP contribution in [0.1, 0.15) is 23.6 Å². The lowest BCUT2D eigenvalue weighted by Crippen LogP contribution is -2.19. The molecule has 1 aliphatic heterocycles. The van der Waals surface area contributed by atoms with E-state index in [-0.39, 0.29) is 0 Å². The van der Waals surface area contributed by atoms with E-state index in [1.54, 1.807) is 0 Å². The van der Waals surface area contributed by atoms with Crippen LogP contribution in [0.4, 0.5) is 5.69 Å². The molecule has 0 bridgehead atoms. The monoisotopic (exact) mass is 419 g/mol. The van der Waals surface area contributed by atoms with E-state index < -0.39 is 0 Å². The molecule has 0 fully saturated rings. The summed E-state index contributed by atoms with van der Waals surface area (Å²) in [4.78, 5) is 4.81. The van der Waals surface area contributed by atoms with Crippen LogP contribution >= 0.6 is 15.9 Å². The molecule has 0 saturated carbocycles. The van der Waals surface area contributed by atoms with Crippen LogP contribution in [-0.4, -0.2) is 18.2 Å². The molecule has 0 aromatic heterocycles. The number of para-hydroxylation sites is 1. The van der Waals surface area contributed by atoms with Crippen molar-refractivity contribution in [3.63, 3.8) is 0 Å². The molecular formula is C22H18BrN3O. The first-order valence-corrected chi connectivity index (χ1v) is 9.55. The first-order chi connectivity index (χ1) is 13.2. The maximum Gasteiger partial charge on any atom is 0.154 e. The van der Waals surface area contributed by atoms with Crippen molar-refractivity contribution in [1.82, 2.24) is 5.43 Å². The van der Waals surface area contributed by atoms with Crippen LogP contribution in [0.5, 0.6) is 5.75 Å². The van der Waals surface area contributed by atoms with E-state index in [4.69, 9.17) is 9.73 Å². The van der Waals surface area contributed by atoms with Crippen LogP contribution in [0.3, 0.4) is 0 Å². The van der Waals surface area contributed by atoms with Crippen molar-refractivity contribution in [2.75, 3.05) is 6.61 Å². The number of ether oxygens (including phenoxy) is 1. The third-order valence-corrected chi connectivity index (χ3v) is 4.75. The number of hydrazone groups is 1. The average Bonchev–Trinajstić information content (AvgIpc) is 2.89. The van der Waals surface area contributed by atoms with Gasteiger partial charge in [-0.3, -0.25) is 5.43 Å². The second-order valence-electron chi connectivity index (χ2n) is 6.01. The predicted molar refractivity (Wildman–Crippen MR) is 113 cm³/mol. The number of hydrogen-bond acceptors (Lipinski definition) is 4. The molecule has 0 amide bonds. The largest absolute Gasteiger partial charge is 0.494 e. The number of nitrogens with zero attached hydrogens (tertiary/aromatic N) is 2. The maximum absolute atomic E-state index is 5.54. The summed E-state index contributed by atoms with van der Waals surface area (Å²) < 4.78 is 6.57. The highest BCUT2D eigenvalue weighted by Crippen LogP contribution is 2.26. The normalized spacial score (nSPS) is 13.0. The average molecular weight is 420 g/mol. The van der Waals surface area contributed by atoms with E-state index in [1.165, 1.54) is 0 Å². The smallest absolute Gasteiger partial charge is 0.154 e. The molecule has 0 aliphatic carbocycles. The minimum absolute atomic E-state index is 0.648. The van der Waals surface area contributed by atoms with Crippen LogP contribution < -0.4 is 10.2 Å². The van der Waals surface area contributed by atoms with Crippen LogP contribution in [-0.2, 0) is 0 Å². The van der Waals surface area contributed by atoms with Gasteiger partial charge in [0.1, 0.15) is 5.75 Å². The number of fused-ring (bicyclic) bond motifs is 1. The maximum atomic E-state index is 5.54. The summed E-state index contributed by atoms with van der Waals surface area (Å²) in [6, 6.07) is 24.0. The van der Waals surface area contributed by atoms with Gasteiger partial charge < -0.3 is 4.74 Å². The number of nitrogens with one attached hydrogen (secondary N) is 1. The number of halogens is 1. The lowest BCUT2D eigenvalue weighted by molar-refractivity contribution is 0.340. The Hall–Kier alpha value is -2.92. The Kier molecular flexibility index (Phi) is 5.03. The van der Waals surface area contributed by atoms with Crippen LogP contribution in [0, 0.1) is 0 Å².